The molecule has 0 bridgehead atoms. The number of carbonyl (C=O) groups excluding carboxylic acids is 1. The molecule has 0 aliphatic rings. The van der Waals surface area contributed by atoms with Crippen LogP contribution in [0.1, 0.15) is 29.4 Å². The topological polar surface area (TPSA) is 78.9 Å². The number of aryl methyl sites for hydroxylation is 4. The molecule has 3 aromatic rings. The molecule has 3 N–H and O–H groups in total. The molecule has 28 heavy (non-hydrogen) atoms. The van der Waals surface area contributed by atoms with Gasteiger partial charge in [-0.2, -0.15) is 0 Å². The average Bonchev–Trinajstić information content (AvgIpc) is 2.57. The van der Waals surface area contributed by atoms with E-state index in [0.29, 0.717) is 11.6 Å². The summed E-state index contributed by atoms with van der Waals surface area (Å²) >= 11 is 0. The minimum atomic E-state index is -0.106. The van der Waals surface area contributed by atoms with Crippen molar-refractivity contribution in [3.63, 3.8) is 0 Å². The van der Waals surface area contributed by atoms with Crippen LogP contribution in [0, 0.1) is 27.7 Å². The first-order valence-corrected chi connectivity index (χ1v) is 9.15. The zero-order valence-corrected chi connectivity index (χ0v) is 16.8. The summed E-state index contributed by atoms with van der Waals surface area (Å²) in [5, 5.41) is 9.48. The Hall–Kier alpha value is -3.41. The second kappa shape index (κ2) is 8.08. The van der Waals surface area contributed by atoms with Crippen LogP contribution >= 0.6 is 0 Å². The molecule has 6 heteroatoms. The average molecular weight is 375 g/mol. The van der Waals surface area contributed by atoms with Crippen LogP contribution in [0.4, 0.5) is 28.7 Å². The van der Waals surface area contributed by atoms with Crippen molar-refractivity contribution in [1.82, 2.24) is 9.97 Å². The molecule has 0 saturated carbocycles. The second-order valence-electron chi connectivity index (χ2n) is 6.97. The second-order valence-corrected chi connectivity index (χ2v) is 6.97. The van der Waals surface area contributed by atoms with Gasteiger partial charge in [-0.1, -0.05) is 23.8 Å². The Balaban J connectivity index is 1.85. The summed E-state index contributed by atoms with van der Waals surface area (Å²) in [7, 11) is 0. The number of hydrogen-bond acceptors (Lipinski definition) is 5. The molecule has 0 aliphatic heterocycles. The highest BCUT2D eigenvalue weighted by atomic mass is 16.1. The highest BCUT2D eigenvalue weighted by molar-refractivity contribution is 5.89. The van der Waals surface area contributed by atoms with E-state index in [4.69, 9.17) is 0 Å². The van der Waals surface area contributed by atoms with Gasteiger partial charge in [-0.25, -0.2) is 9.97 Å². The molecule has 6 nitrogen and oxygen atoms in total. The third-order valence-corrected chi connectivity index (χ3v) is 4.22. The number of nitrogens with zero attached hydrogens (tertiary/aromatic N) is 2. The third-order valence-electron chi connectivity index (χ3n) is 4.22. The molecule has 0 radical (unpaired) electrons. The SMILES string of the molecule is CC(=O)Nc1cccc(Nc2cc(Nc3c(C)cc(C)cc3C)nc(C)n2)c1. The lowest BCUT2D eigenvalue weighted by molar-refractivity contribution is -0.114. The van der Waals surface area contributed by atoms with Gasteiger partial charge in [-0.3, -0.25) is 4.79 Å². The molecule has 0 atom stereocenters. The fourth-order valence-electron chi connectivity index (χ4n) is 3.23. The van der Waals surface area contributed by atoms with E-state index in [0.717, 1.165) is 22.9 Å². The molecule has 0 fully saturated rings. The van der Waals surface area contributed by atoms with Gasteiger partial charge in [0.2, 0.25) is 5.91 Å². The Bertz CT molecular complexity index is 1010. The lowest BCUT2D eigenvalue weighted by Gasteiger charge is -2.15. The fourth-order valence-corrected chi connectivity index (χ4v) is 3.23. The number of rotatable bonds is 5. The van der Waals surface area contributed by atoms with E-state index >= 15 is 0 Å². The molecule has 2 aromatic carbocycles. The summed E-state index contributed by atoms with van der Waals surface area (Å²) in [5.74, 6) is 1.96. The van der Waals surface area contributed by atoms with Crippen molar-refractivity contribution in [2.45, 2.75) is 34.6 Å². The molecule has 0 aliphatic carbocycles. The fraction of sp³-hybridized carbons (Fsp3) is 0.227. The Labute approximate surface area is 165 Å². The van der Waals surface area contributed by atoms with Gasteiger partial charge in [0, 0.05) is 30.1 Å². The summed E-state index contributed by atoms with van der Waals surface area (Å²) in [6.07, 6.45) is 0. The van der Waals surface area contributed by atoms with Gasteiger partial charge in [-0.15, -0.1) is 0 Å². The molecular weight excluding hydrogens is 350 g/mol. The minimum absolute atomic E-state index is 0.106. The van der Waals surface area contributed by atoms with Crippen molar-refractivity contribution >= 4 is 34.6 Å². The lowest BCUT2D eigenvalue weighted by atomic mass is 10.1. The van der Waals surface area contributed by atoms with Gasteiger partial charge in [0.1, 0.15) is 17.5 Å². The Kier molecular flexibility index (Phi) is 5.59. The third kappa shape index (κ3) is 4.85. The Morgan fingerprint density at radius 3 is 2.07 bits per heavy atom. The molecule has 1 amide bonds. The summed E-state index contributed by atoms with van der Waals surface area (Å²) < 4.78 is 0. The summed E-state index contributed by atoms with van der Waals surface area (Å²) in [4.78, 5) is 20.2. The van der Waals surface area contributed by atoms with Crippen LogP contribution in [0.15, 0.2) is 42.5 Å². The number of hydrogen-bond donors (Lipinski definition) is 3. The van der Waals surface area contributed by atoms with E-state index in [1.807, 2.05) is 37.3 Å². The van der Waals surface area contributed by atoms with Crippen LogP contribution in [0.5, 0.6) is 0 Å². The first-order valence-electron chi connectivity index (χ1n) is 9.15. The van der Waals surface area contributed by atoms with Gasteiger partial charge < -0.3 is 16.0 Å². The van der Waals surface area contributed by atoms with Crippen LogP contribution in [0.2, 0.25) is 0 Å². The highest BCUT2D eigenvalue weighted by Gasteiger charge is 2.08. The smallest absolute Gasteiger partial charge is 0.221 e. The lowest BCUT2D eigenvalue weighted by Crippen LogP contribution is -2.06. The Morgan fingerprint density at radius 1 is 0.821 bits per heavy atom. The van der Waals surface area contributed by atoms with Crippen molar-refractivity contribution in [2.75, 3.05) is 16.0 Å². The molecular formula is C22H25N5O. The van der Waals surface area contributed by atoms with Crippen LogP contribution in [0.3, 0.4) is 0 Å². The number of nitrogens with one attached hydrogen (secondary N) is 3. The molecule has 1 aromatic heterocycles. The monoisotopic (exact) mass is 375 g/mol. The van der Waals surface area contributed by atoms with E-state index < -0.39 is 0 Å². The van der Waals surface area contributed by atoms with E-state index in [1.54, 1.807) is 0 Å². The molecule has 3 rings (SSSR count). The maximum atomic E-state index is 11.3. The number of anilines is 5. The van der Waals surface area contributed by atoms with Crippen LogP contribution in [-0.2, 0) is 4.79 Å². The Morgan fingerprint density at radius 2 is 1.43 bits per heavy atom. The van der Waals surface area contributed by atoms with Gasteiger partial charge in [0.15, 0.2) is 0 Å². The quantitative estimate of drug-likeness (QED) is 0.574. The number of carbonyl (C=O) groups is 1. The molecule has 144 valence electrons. The van der Waals surface area contributed by atoms with E-state index in [9.17, 15) is 4.79 Å². The van der Waals surface area contributed by atoms with E-state index in [2.05, 4.69) is 58.8 Å². The van der Waals surface area contributed by atoms with Gasteiger partial charge in [0.05, 0.1) is 0 Å². The van der Waals surface area contributed by atoms with Gasteiger partial charge in [-0.05, 0) is 57.0 Å². The summed E-state index contributed by atoms with van der Waals surface area (Å²) in [5.41, 5.74) is 6.20. The maximum Gasteiger partial charge on any atom is 0.221 e. The van der Waals surface area contributed by atoms with Gasteiger partial charge >= 0.3 is 0 Å². The summed E-state index contributed by atoms with van der Waals surface area (Å²) in [6.45, 7) is 9.61. The van der Waals surface area contributed by atoms with Crippen LogP contribution < -0.4 is 16.0 Å². The van der Waals surface area contributed by atoms with E-state index in [-0.39, 0.29) is 5.91 Å². The van der Waals surface area contributed by atoms with Gasteiger partial charge in [0.25, 0.3) is 0 Å². The molecule has 1 heterocycles. The normalized spacial score (nSPS) is 10.5. The van der Waals surface area contributed by atoms with E-state index in [1.165, 1.54) is 23.6 Å². The standard InChI is InChI=1S/C22H25N5O/c1-13-9-14(2)22(15(3)10-13)27-21-12-20(23-16(4)24-21)26-19-8-6-7-18(11-19)25-17(5)28/h6-12H,1-5H3,(H,25,28)(H2,23,24,26,27). The predicted molar refractivity (Wildman–Crippen MR) is 115 cm³/mol. The zero-order valence-electron chi connectivity index (χ0n) is 16.8. The van der Waals surface area contributed by atoms with Crippen molar-refractivity contribution in [2.24, 2.45) is 0 Å². The summed E-state index contributed by atoms with van der Waals surface area (Å²) in [6, 6.07) is 13.7. The van der Waals surface area contributed by atoms with Crippen molar-refractivity contribution in [1.29, 1.82) is 0 Å². The number of aromatic nitrogens is 2. The largest absolute Gasteiger partial charge is 0.340 e. The highest BCUT2D eigenvalue weighted by Crippen LogP contribution is 2.27. The first kappa shape index (κ1) is 19.4. The minimum Gasteiger partial charge on any atom is -0.340 e. The predicted octanol–water partition coefficient (Wildman–Crippen LogP) is 5.16. The van der Waals surface area contributed by atoms with Crippen molar-refractivity contribution < 1.29 is 4.79 Å². The van der Waals surface area contributed by atoms with Crippen molar-refractivity contribution in [3.05, 3.63) is 65.0 Å². The number of amides is 1. The molecule has 0 saturated heterocycles. The molecule has 0 spiro atoms. The maximum absolute atomic E-state index is 11.3. The van der Waals surface area contributed by atoms with Crippen LogP contribution in [0.25, 0.3) is 0 Å². The van der Waals surface area contributed by atoms with Crippen molar-refractivity contribution in [3.8, 4) is 0 Å². The number of benzene rings is 2. The van der Waals surface area contributed by atoms with Crippen LogP contribution in [-0.4, -0.2) is 15.9 Å². The molecule has 0 unspecified atom stereocenters. The zero-order chi connectivity index (χ0) is 20.3. The first-order chi connectivity index (χ1) is 13.3.